The van der Waals surface area contributed by atoms with Gasteiger partial charge in [-0.15, -0.1) is 0 Å². The molecule has 5 heteroatoms. The van der Waals surface area contributed by atoms with Gasteiger partial charge in [0.05, 0.1) is 18.9 Å². The van der Waals surface area contributed by atoms with Crippen LogP contribution >= 0.6 is 0 Å². The highest BCUT2D eigenvalue weighted by molar-refractivity contribution is 6.00. The molecule has 0 radical (unpaired) electrons. The Balaban J connectivity index is 2.25. The molecule has 1 aliphatic rings. The molecule has 0 saturated carbocycles. The Bertz CT molecular complexity index is 517. The summed E-state index contributed by atoms with van der Waals surface area (Å²) in [5.74, 6) is 1.18. The summed E-state index contributed by atoms with van der Waals surface area (Å²) >= 11 is 0. The van der Waals surface area contributed by atoms with Crippen LogP contribution in [-0.4, -0.2) is 38.3 Å². The van der Waals surface area contributed by atoms with Crippen molar-refractivity contribution in [2.45, 2.75) is 39.2 Å². The molecule has 2 rings (SSSR count). The number of rotatable bonds is 7. The molecule has 1 aromatic carbocycles. The van der Waals surface area contributed by atoms with Crippen molar-refractivity contribution < 1.29 is 14.3 Å². The molecule has 0 fully saturated rings. The van der Waals surface area contributed by atoms with E-state index in [4.69, 9.17) is 15.2 Å². The molecule has 1 atom stereocenters. The fraction of sp³-hybridized carbons (Fsp3) is 0.588. The summed E-state index contributed by atoms with van der Waals surface area (Å²) in [5.41, 5.74) is 7.46. The van der Waals surface area contributed by atoms with Gasteiger partial charge in [-0.1, -0.05) is 26.8 Å². The molecule has 0 saturated heterocycles. The molecule has 22 heavy (non-hydrogen) atoms. The molecule has 0 aliphatic carbocycles. The van der Waals surface area contributed by atoms with Gasteiger partial charge in [0.1, 0.15) is 5.75 Å². The van der Waals surface area contributed by atoms with E-state index in [1.165, 1.54) is 5.56 Å². The largest absolute Gasteiger partial charge is 0.478 e. The molecule has 0 spiro atoms. The van der Waals surface area contributed by atoms with E-state index < -0.39 is 6.10 Å². The summed E-state index contributed by atoms with van der Waals surface area (Å²) in [6.45, 7) is 8.22. The van der Waals surface area contributed by atoms with Crippen molar-refractivity contribution >= 4 is 11.6 Å². The number of anilines is 1. The quantitative estimate of drug-likeness (QED) is 0.785. The van der Waals surface area contributed by atoms with E-state index in [0.29, 0.717) is 38.6 Å². The molecular formula is C17H26N2O3. The van der Waals surface area contributed by atoms with Crippen LogP contribution in [0.3, 0.4) is 0 Å². The third-order valence-electron chi connectivity index (χ3n) is 3.84. The number of benzene rings is 1. The Labute approximate surface area is 132 Å². The second-order valence-corrected chi connectivity index (χ2v) is 5.79. The van der Waals surface area contributed by atoms with Crippen LogP contribution in [0.25, 0.3) is 0 Å². The first-order chi connectivity index (χ1) is 10.6. The minimum absolute atomic E-state index is 0.00672. The third kappa shape index (κ3) is 3.59. The summed E-state index contributed by atoms with van der Waals surface area (Å²) in [6.07, 6.45) is 0.247. The maximum absolute atomic E-state index is 12.6. The monoisotopic (exact) mass is 306 g/mol. The van der Waals surface area contributed by atoms with E-state index in [9.17, 15) is 4.79 Å². The lowest BCUT2D eigenvalue weighted by Crippen LogP contribution is -2.47. The van der Waals surface area contributed by atoms with E-state index in [1.54, 1.807) is 4.90 Å². The maximum atomic E-state index is 12.6. The molecule has 2 N–H and O–H groups in total. The Morgan fingerprint density at radius 3 is 2.77 bits per heavy atom. The lowest BCUT2D eigenvalue weighted by atomic mass is 10.0. The van der Waals surface area contributed by atoms with Gasteiger partial charge in [0.15, 0.2) is 6.10 Å². The maximum Gasteiger partial charge on any atom is 0.268 e. The van der Waals surface area contributed by atoms with Crippen LogP contribution in [0, 0.1) is 0 Å². The Kier molecular flexibility index (Phi) is 5.80. The lowest BCUT2D eigenvalue weighted by Gasteiger charge is -2.34. The van der Waals surface area contributed by atoms with E-state index in [-0.39, 0.29) is 5.91 Å². The van der Waals surface area contributed by atoms with Gasteiger partial charge in [-0.2, -0.15) is 0 Å². The second kappa shape index (κ2) is 7.61. The average molecular weight is 306 g/mol. The highest BCUT2D eigenvalue weighted by Gasteiger charge is 2.33. The first-order valence-electron chi connectivity index (χ1n) is 7.98. The summed E-state index contributed by atoms with van der Waals surface area (Å²) < 4.78 is 11.3. The highest BCUT2D eigenvalue weighted by atomic mass is 16.5. The number of ether oxygens (including phenoxy) is 2. The van der Waals surface area contributed by atoms with Crippen LogP contribution in [0.1, 0.15) is 38.7 Å². The smallest absolute Gasteiger partial charge is 0.268 e. The van der Waals surface area contributed by atoms with Gasteiger partial charge >= 0.3 is 0 Å². The summed E-state index contributed by atoms with van der Waals surface area (Å²) in [6, 6.07) is 6.08. The molecule has 1 aromatic rings. The zero-order chi connectivity index (χ0) is 16.1. The van der Waals surface area contributed by atoms with E-state index >= 15 is 0 Å². The highest BCUT2D eigenvalue weighted by Crippen LogP contribution is 2.36. The number of carbonyl (C=O) groups is 1. The topological polar surface area (TPSA) is 64.8 Å². The van der Waals surface area contributed by atoms with Crippen LogP contribution in [0.5, 0.6) is 5.75 Å². The van der Waals surface area contributed by atoms with Gasteiger partial charge in [-0.3, -0.25) is 4.79 Å². The van der Waals surface area contributed by atoms with Crippen molar-refractivity contribution in [2.24, 2.45) is 5.73 Å². The predicted molar refractivity (Wildman–Crippen MR) is 87.5 cm³/mol. The van der Waals surface area contributed by atoms with Crippen molar-refractivity contribution in [3.8, 4) is 5.75 Å². The van der Waals surface area contributed by atoms with E-state index in [2.05, 4.69) is 19.9 Å². The number of amides is 1. The number of carbonyl (C=O) groups excluding carboxylic acids is 1. The third-order valence-corrected chi connectivity index (χ3v) is 3.84. The van der Waals surface area contributed by atoms with Gasteiger partial charge in [-0.05, 0) is 30.0 Å². The molecule has 1 aliphatic heterocycles. The first-order valence-corrected chi connectivity index (χ1v) is 7.98. The molecule has 0 aromatic heterocycles. The van der Waals surface area contributed by atoms with Gasteiger partial charge in [0.25, 0.3) is 5.91 Å². The minimum Gasteiger partial charge on any atom is -0.478 e. The number of nitrogens with two attached hydrogens (primary N) is 1. The number of hydrogen-bond acceptors (Lipinski definition) is 4. The number of hydrogen-bond donors (Lipinski definition) is 1. The van der Waals surface area contributed by atoms with Crippen LogP contribution < -0.4 is 15.4 Å². The summed E-state index contributed by atoms with van der Waals surface area (Å²) in [4.78, 5) is 14.4. The van der Waals surface area contributed by atoms with E-state index in [1.807, 2.05) is 19.1 Å². The van der Waals surface area contributed by atoms with Crippen LogP contribution in [0.15, 0.2) is 18.2 Å². The van der Waals surface area contributed by atoms with Gasteiger partial charge < -0.3 is 20.1 Å². The summed E-state index contributed by atoms with van der Waals surface area (Å²) in [5, 5.41) is 0. The van der Waals surface area contributed by atoms with Crippen molar-refractivity contribution in [1.29, 1.82) is 0 Å². The minimum atomic E-state index is -0.410. The SMILES string of the molecule is CCC1Oc2ccc(C(C)C)cc2N(CCOCCN)C1=O. The first kappa shape index (κ1) is 16.8. The zero-order valence-corrected chi connectivity index (χ0v) is 13.7. The molecule has 5 nitrogen and oxygen atoms in total. The molecule has 1 heterocycles. The molecular weight excluding hydrogens is 280 g/mol. The molecule has 1 unspecified atom stereocenters. The summed E-state index contributed by atoms with van der Waals surface area (Å²) in [7, 11) is 0. The molecule has 122 valence electrons. The predicted octanol–water partition coefficient (Wildman–Crippen LogP) is 2.29. The normalized spacial score (nSPS) is 17.6. The van der Waals surface area contributed by atoms with Crippen molar-refractivity contribution in [2.75, 3.05) is 31.2 Å². The molecule has 0 bridgehead atoms. The number of nitrogens with zero attached hydrogens (tertiary/aromatic N) is 1. The molecule has 1 amide bonds. The standard InChI is InChI=1S/C17H26N2O3/c1-4-15-17(20)19(8-10-21-9-7-18)14-11-13(12(2)3)5-6-16(14)22-15/h5-6,11-12,15H,4,7-10,18H2,1-3H3. The average Bonchev–Trinajstić information content (AvgIpc) is 2.52. The Hall–Kier alpha value is -1.59. The number of fused-ring (bicyclic) bond motifs is 1. The lowest BCUT2D eigenvalue weighted by molar-refractivity contribution is -0.126. The second-order valence-electron chi connectivity index (χ2n) is 5.79. The van der Waals surface area contributed by atoms with Crippen LogP contribution in [0.4, 0.5) is 5.69 Å². The van der Waals surface area contributed by atoms with Gasteiger partial charge in [0.2, 0.25) is 0 Å². The fourth-order valence-electron chi connectivity index (χ4n) is 2.53. The van der Waals surface area contributed by atoms with Crippen molar-refractivity contribution in [3.05, 3.63) is 23.8 Å². The van der Waals surface area contributed by atoms with Gasteiger partial charge in [-0.25, -0.2) is 0 Å². The van der Waals surface area contributed by atoms with Crippen LogP contribution in [0.2, 0.25) is 0 Å². The van der Waals surface area contributed by atoms with Gasteiger partial charge in [0, 0.05) is 13.1 Å². The fourth-order valence-corrected chi connectivity index (χ4v) is 2.53. The zero-order valence-electron chi connectivity index (χ0n) is 13.7. The van der Waals surface area contributed by atoms with E-state index in [0.717, 1.165) is 11.4 Å². The Morgan fingerprint density at radius 1 is 1.36 bits per heavy atom. The van der Waals surface area contributed by atoms with Crippen molar-refractivity contribution in [1.82, 2.24) is 0 Å². The van der Waals surface area contributed by atoms with Crippen molar-refractivity contribution in [3.63, 3.8) is 0 Å². The van der Waals surface area contributed by atoms with Crippen LogP contribution in [-0.2, 0) is 9.53 Å². The Morgan fingerprint density at radius 2 is 2.14 bits per heavy atom.